The van der Waals surface area contributed by atoms with E-state index in [9.17, 15) is 4.79 Å². The zero-order chi connectivity index (χ0) is 17.1. The van der Waals surface area contributed by atoms with Crippen molar-refractivity contribution >= 4 is 6.08 Å². The van der Waals surface area contributed by atoms with E-state index in [1.807, 2.05) is 49.4 Å². The summed E-state index contributed by atoms with van der Waals surface area (Å²) in [5, 5.41) is 7.69. The Morgan fingerprint density at radius 3 is 2.67 bits per heavy atom. The van der Waals surface area contributed by atoms with Crippen molar-refractivity contribution in [3.8, 4) is 11.4 Å². The second-order valence-corrected chi connectivity index (χ2v) is 5.45. The molecule has 0 atom stereocenters. The van der Waals surface area contributed by atoms with Crippen LogP contribution in [0.5, 0.6) is 5.75 Å². The minimum atomic E-state index is -0.312. The normalized spacial score (nSPS) is 10.6. The molecule has 24 heavy (non-hydrogen) atoms. The van der Waals surface area contributed by atoms with Crippen molar-refractivity contribution in [3.05, 3.63) is 76.2 Å². The van der Waals surface area contributed by atoms with Gasteiger partial charge in [0.05, 0.1) is 5.69 Å². The van der Waals surface area contributed by atoms with Gasteiger partial charge in [0, 0.05) is 12.6 Å². The van der Waals surface area contributed by atoms with Gasteiger partial charge in [0.15, 0.2) is 0 Å². The lowest BCUT2D eigenvalue weighted by molar-refractivity contribution is 0.305. The number of rotatable bonds is 5. The Morgan fingerprint density at radius 1 is 1.21 bits per heavy atom. The Bertz CT molecular complexity index is 940. The first-order valence-corrected chi connectivity index (χ1v) is 7.53. The second kappa shape index (κ2) is 6.54. The standard InChI is InChI=1S/C18H18N4O2/c1-4-14-8-6-10-17(22-18(23)21(3)19-20-22)16(14)12-24-15-9-5-7-13(2)11-15/h4-11H,1,12H2,2-3H3. The SMILES string of the molecule is C=Cc1cccc(-n2nnn(C)c2=O)c1COc1cccc(C)c1. The molecule has 0 saturated carbocycles. The molecule has 0 saturated heterocycles. The third kappa shape index (κ3) is 2.99. The highest BCUT2D eigenvalue weighted by Crippen LogP contribution is 2.22. The molecule has 0 N–H and O–H groups in total. The van der Waals surface area contributed by atoms with Gasteiger partial charge in [-0.15, -0.1) is 0 Å². The number of nitrogens with zero attached hydrogens (tertiary/aromatic N) is 4. The summed E-state index contributed by atoms with van der Waals surface area (Å²) in [5.74, 6) is 0.770. The number of hydrogen-bond acceptors (Lipinski definition) is 4. The lowest BCUT2D eigenvalue weighted by atomic mass is 10.1. The molecule has 3 rings (SSSR count). The van der Waals surface area contributed by atoms with Crippen LogP contribution in [0.3, 0.4) is 0 Å². The Hall–Kier alpha value is -3.15. The summed E-state index contributed by atoms with van der Waals surface area (Å²) in [5.41, 5.74) is 3.16. The highest BCUT2D eigenvalue weighted by atomic mass is 16.5. The molecule has 6 nitrogen and oxygen atoms in total. The van der Waals surface area contributed by atoms with Gasteiger partial charge in [0.25, 0.3) is 0 Å². The van der Waals surface area contributed by atoms with Crippen LogP contribution in [0.2, 0.25) is 0 Å². The molecule has 3 aromatic rings. The average Bonchev–Trinajstić information content (AvgIpc) is 2.92. The molecule has 0 bridgehead atoms. The molecule has 0 amide bonds. The van der Waals surface area contributed by atoms with Gasteiger partial charge in [-0.05, 0) is 46.7 Å². The molecule has 2 aromatic carbocycles. The van der Waals surface area contributed by atoms with Crippen molar-refractivity contribution in [2.24, 2.45) is 7.05 Å². The Balaban J connectivity index is 2.01. The molecule has 0 aliphatic heterocycles. The Morgan fingerprint density at radius 2 is 2.00 bits per heavy atom. The van der Waals surface area contributed by atoms with Crippen LogP contribution < -0.4 is 10.4 Å². The largest absolute Gasteiger partial charge is 0.489 e. The minimum absolute atomic E-state index is 0.296. The predicted molar refractivity (Wildman–Crippen MR) is 92.2 cm³/mol. The maximum absolute atomic E-state index is 12.2. The van der Waals surface area contributed by atoms with Crippen molar-refractivity contribution in [3.63, 3.8) is 0 Å². The predicted octanol–water partition coefficient (Wildman–Crippen LogP) is 2.50. The molecular weight excluding hydrogens is 304 g/mol. The third-order valence-corrected chi connectivity index (χ3v) is 3.73. The summed E-state index contributed by atoms with van der Waals surface area (Å²) >= 11 is 0. The van der Waals surface area contributed by atoms with E-state index < -0.39 is 0 Å². The van der Waals surface area contributed by atoms with Gasteiger partial charge in [-0.25, -0.2) is 4.79 Å². The number of benzene rings is 2. The van der Waals surface area contributed by atoms with Crippen molar-refractivity contribution in [1.82, 2.24) is 19.8 Å². The first kappa shape index (κ1) is 15.7. The van der Waals surface area contributed by atoms with E-state index in [0.717, 1.165) is 22.4 Å². The maximum Gasteiger partial charge on any atom is 0.368 e. The van der Waals surface area contributed by atoms with Crippen LogP contribution in [-0.4, -0.2) is 19.8 Å². The van der Waals surface area contributed by atoms with E-state index >= 15 is 0 Å². The van der Waals surface area contributed by atoms with Gasteiger partial charge in [0.2, 0.25) is 0 Å². The molecule has 0 aliphatic rings. The molecule has 0 radical (unpaired) electrons. The monoisotopic (exact) mass is 322 g/mol. The van der Waals surface area contributed by atoms with E-state index in [-0.39, 0.29) is 5.69 Å². The van der Waals surface area contributed by atoms with E-state index in [1.54, 1.807) is 13.1 Å². The van der Waals surface area contributed by atoms with Crippen molar-refractivity contribution in [2.75, 3.05) is 0 Å². The van der Waals surface area contributed by atoms with E-state index in [0.29, 0.717) is 12.3 Å². The second-order valence-electron chi connectivity index (χ2n) is 5.45. The van der Waals surface area contributed by atoms with Crippen LogP contribution in [0.25, 0.3) is 11.8 Å². The summed E-state index contributed by atoms with van der Waals surface area (Å²) in [6, 6.07) is 13.4. The first-order chi connectivity index (χ1) is 11.6. The molecule has 0 fully saturated rings. The Labute approximate surface area is 139 Å². The minimum Gasteiger partial charge on any atom is -0.489 e. The van der Waals surface area contributed by atoms with E-state index in [2.05, 4.69) is 17.0 Å². The fourth-order valence-electron chi connectivity index (χ4n) is 2.46. The number of aryl methyl sites for hydroxylation is 2. The first-order valence-electron chi connectivity index (χ1n) is 7.53. The average molecular weight is 322 g/mol. The molecule has 0 spiro atoms. The summed E-state index contributed by atoms with van der Waals surface area (Å²) in [6.07, 6.45) is 1.74. The van der Waals surface area contributed by atoms with E-state index in [1.165, 1.54) is 9.36 Å². The number of tetrazole rings is 1. The summed E-state index contributed by atoms with van der Waals surface area (Å²) in [4.78, 5) is 12.2. The lowest BCUT2D eigenvalue weighted by Gasteiger charge is -2.13. The summed E-state index contributed by atoms with van der Waals surface area (Å²) in [7, 11) is 1.56. The topological polar surface area (TPSA) is 61.9 Å². The number of aromatic nitrogens is 4. The molecule has 122 valence electrons. The molecular formula is C18H18N4O2. The van der Waals surface area contributed by atoms with Crippen LogP contribution in [0, 0.1) is 6.92 Å². The van der Waals surface area contributed by atoms with Gasteiger partial charge in [-0.1, -0.05) is 36.9 Å². The number of ether oxygens (including phenoxy) is 1. The number of hydrogen-bond donors (Lipinski definition) is 0. The van der Waals surface area contributed by atoms with Crippen molar-refractivity contribution in [1.29, 1.82) is 0 Å². The van der Waals surface area contributed by atoms with Gasteiger partial charge < -0.3 is 4.74 Å². The van der Waals surface area contributed by atoms with Crippen molar-refractivity contribution < 1.29 is 4.74 Å². The maximum atomic E-state index is 12.2. The third-order valence-electron chi connectivity index (χ3n) is 3.73. The quantitative estimate of drug-likeness (QED) is 0.724. The summed E-state index contributed by atoms with van der Waals surface area (Å²) < 4.78 is 8.36. The van der Waals surface area contributed by atoms with Gasteiger partial charge in [0.1, 0.15) is 12.4 Å². The smallest absolute Gasteiger partial charge is 0.368 e. The molecule has 0 unspecified atom stereocenters. The van der Waals surface area contributed by atoms with Crippen molar-refractivity contribution in [2.45, 2.75) is 13.5 Å². The lowest BCUT2D eigenvalue weighted by Crippen LogP contribution is -2.23. The van der Waals surface area contributed by atoms with Gasteiger partial charge in [-0.2, -0.15) is 9.36 Å². The summed E-state index contributed by atoms with van der Waals surface area (Å²) in [6.45, 7) is 6.14. The highest BCUT2D eigenvalue weighted by molar-refractivity contribution is 5.58. The Kier molecular flexibility index (Phi) is 4.29. The van der Waals surface area contributed by atoms with Gasteiger partial charge in [-0.3, -0.25) is 0 Å². The van der Waals surface area contributed by atoms with Crippen LogP contribution in [0.4, 0.5) is 0 Å². The zero-order valence-corrected chi connectivity index (χ0v) is 13.6. The van der Waals surface area contributed by atoms with Crippen LogP contribution in [-0.2, 0) is 13.7 Å². The molecule has 0 aliphatic carbocycles. The fraction of sp³-hybridized carbons (Fsp3) is 0.167. The molecule has 1 aromatic heterocycles. The van der Waals surface area contributed by atoms with Gasteiger partial charge >= 0.3 is 5.69 Å². The molecule has 1 heterocycles. The van der Waals surface area contributed by atoms with E-state index in [4.69, 9.17) is 4.74 Å². The highest BCUT2D eigenvalue weighted by Gasteiger charge is 2.14. The van der Waals surface area contributed by atoms with Crippen LogP contribution in [0.1, 0.15) is 16.7 Å². The van der Waals surface area contributed by atoms with Crippen LogP contribution in [0.15, 0.2) is 53.8 Å². The zero-order valence-electron chi connectivity index (χ0n) is 13.6. The van der Waals surface area contributed by atoms with Crippen LogP contribution >= 0.6 is 0 Å². The fourth-order valence-corrected chi connectivity index (χ4v) is 2.46. The molecule has 6 heteroatoms.